The number of para-hydroxylation sites is 2. The van der Waals surface area contributed by atoms with Crippen LogP contribution >= 0.6 is 0 Å². The van der Waals surface area contributed by atoms with Crippen LogP contribution in [0.1, 0.15) is 31.7 Å². The maximum Gasteiger partial charge on any atom is 0.284 e. The van der Waals surface area contributed by atoms with Gasteiger partial charge in [0.15, 0.2) is 29.6 Å². The standard InChI is InChI=1S/C25H29N3O6/c1-2-31-22-14-18(10-11-20(22)33-17-24(29)28-12-6-3-7-13-28)15-26-27-25(30)23-16-32-19-8-4-5-9-21(19)34-23/h4-5,8-11,14-15,23H,2-3,6-7,12-13,16-17H2,1H3,(H,27,30)/b26-15-/t23-/m0/s1. The molecule has 4 rings (SSSR count). The second kappa shape index (κ2) is 11.4. The van der Waals surface area contributed by atoms with Gasteiger partial charge in [-0.25, -0.2) is 5.43 Å². The van der Waals surface area contributed by atoms with Crippen molar-refractivity contribution in [3.8, 4) is 23.0 Å². The van der Waals surface area contributed by atoms with Gasteiger partial charge in [0.1, 0.15) is 6.61 Å². The highest BCUT2D eigenvalue weighted by atomic mass is 16.6. The second-order valence-corrected chi connectivity index (χ2v) is 7.97. The highest BCUT2D eigenvalue weighted by molar-refractivity contribution is 5.85. The summed E-state index contributed by atoms with van der Waals surface area (Å²) in [5.41, 5.74) is 3.18. The van der Waals surface area contributed by atoms with Gasteiger partial charge in [0.2, 0.25) is 6.10 Å². The number of benzene rings is 2. The Hall–Kier alpha value is -3.75. The third kappa shape index (κ3) is 5.98. The average Bonchev–Trinajstić information content (AvgIpc) is 2.88. The van der Waals surface area contributed by atoms with E-state index in [9.17, 15) is 9.59 Å². The zero-order chi connectivity index (χ0) is 23.8. The zero-order valence-electron chi connectivity index (χ0n) is 19.2. The van der Waals surface area contributed by atoms with Crippen LogP contribution in [-0.4, -0.2) is 61.9 Å². The third-order valence-corrected chi connectivity index (χ3v) is 5.52. The lowest BCUT2D eigenvalue weighted by Crippen LogP contribution is -2.42. The first kappa shape index (κ1) is 23.4. The van der Waals surface area contributed by atoms with Crippen molar-refractivity contribution >= 4 is 18.0 Å². The fourth-order valence-electron chi connectivity index (χ4n) is 3.76. The summed E-state index contributed by atoms with van der Waals surface area (Å²) in [5, 5.41) is 4.02. The molecular formula is C25H29N3O6. The van der Waals surface area contributed by atoms with E-state index in [-0.39, 0.29) is 19.1 Å². The van der Waals surface area contributed by atoms with Gasteiger partial charge >= 0.3 is 0 Å². The fraction of sp³-hybridized carbons (Fsp3) is 0.400. The van der Waals surface area contributed by atoms with E-state index in [2.05, 4.69) is 10.5 Å². The summed E-state index contributed by atoms with van der Waals surface area (Å²) in [7, 11) is 0. The molecule has 1 fully saturated rings. The first-order valence-corrected chi connectivity index (χ1v) is 11.5. The molecule has 1 N–H and O–H groups in total. The van der Waals surface area contributed by atoms with Crippen LogP contribution in [0.2, 0.25) is 0 Å². The maximum absolute atomic E-state index is 12.4. The fourth-order valence-corrected chi connectivity index (χ4v) is 3.76. The lowest BCUT2D eigenvalue weighted by molar-refractivity contribution is -0.134. The molecule has 0 bridgehead atoms. The van der Waals surface area contributed by atoms with Gasteiger partial charge in [0.05, 0.1) is 12.8 Å². The maximum atomic E-state index is 12.4. The Morgan fingerprint density at radius 1 is 1.09 bits per heavy atom. The number of nitrogens with one attached hydrogen (secondary N) is 1. The molecule has 9 heteroatoms. The Labute approximate surface area is 198 Å². The molecule has 1 saturated heterocycles. The van der Waals surface area contributed by atoms with Crippen LogP contribution in [0.4, 0.5) is 0 Å². The van der Waals surface area contributed by atoms with Gasteiger partial charge < -0.3 is 23.8 Å². The molecule has 2 aliphatic heterocycles. The van der Waals surface area contributed by atoms with E-state index in [4.69, 9.17) is 18.9 Å². The predicted octanol–water partition coefficient (Wildman–Crippen LogP) is 2.77. The molecule has 0 saturated carbocycles. The van der Waals surface area contributed by atoms with Crippen molar-refractivity contribution in [2.75, 3.05) is 32.9 Å². The van der Waals surface area contributed by atoms with E-state index < -0.39 is 12.0 Å². The van der Waals surface area contributed by atoms with Gasteiger partial charge in [-0.2, -0.15) is 5.10 Å². The molecule has 180 valence electrons. The molecule has 0 unspecified atom stereocenters. The quantitative estimate of drug-likeness (QED) is 0.474. The Morgan fingerprint density at radius 3 is 2.68 bits per heavy atom. The number of nitrogens with zero attached hydrogens (tertiary/aromatic N) is 2. The lowest BCUT2D eigenvalue weighted by Gasteiger charge is -2.26. The highest BCUT2D eigenvalue weighted by Gasteiger charge is 2.27. The van der Waals surface area contributed by atoms with Crippen molar-refractivity contribution in [1.29, 1.82) is 0 Å². The van der Waals surface area contributed by atoms with Crippen LogP contribution in [-0.2, 0) is 9.59 Å². The normalized spacial score (nSPS) is 17.3. The number of hydrogen-bond acceptors (Lipinski definition) is 7. The highest BCUT2D eigenvalue weighted by Crippen LogP contribution is 2.31. The number of carbonyl (C=O) groups is 2. The van der Waals surface area contributed by atoms with E-state index in [0.717, 1.165) is 32.4 Å². The summed E-state index contributed by atoms with van der Waals surface area (Å²) < 4.78 is 22.7. The minimum Gasteiger partial charge on any atom is -0.490 e. The second-order valence-electron chi connectivity index (χ2n) is 7.97. The molecule has 0 radical (unpaired) electrons. The first-order valence-electron chi connectivity index (χ1n) is 11.5. The average molecular weight is 468 g/mol. The monoisotopic (exact) mass is 467 g/mol. The number of amides is 2. The Morgan fingerprint density at radius 2 is 1.88 bits per heavy atom. The molecule has 2 aromatic rings. The predicted molar refractivity (Wildman–Crippen MR) is 126 cm³/mol. The van der Waals surface area contributed by atoms with E-state index in [0.29, 0.717) is 35.2 Å². The number of piperidine rings is 1. The summed E-state index contributed by atoms with van der Waals surface area (Å²) in [6.45, 7) is 3.95. The minimum atomic E-state index is -0.792. The number of ether oxygens (including phenoxy) is 4. The zero-order valence-corrected chi connectivity index (χ0v) is 19.2. The van der Waals surface area contributed by atoms with Gasteiger partial charge in [-0.3, -0.25) is 9.59 Å². The summed E-state index contributed by atoms with van der Waals surface area (Å²) in [5.74, 6) is 1.69. The van der Waals surface area contributed by atoms with Crippen LogP contribution in [0.15, 0.2) is 47.6 Å². The van der Waals surface area contributed by atoms with Crippen LogP contribution in [0.3, 0.4) is 0 Å². The molecule has 2 heterocycles. The Balaban J connectivity index is 1.32. The van der Waals surface area contributed by atoms with Crippen molar-refractivity contribution in [3.63, 3.8) is 0 Å². The molecule has 34 heavy (non-hydrogen) atoms. The number of fused-ring (bicyclic) bond motifs is 1. The van der Waals surface area contributed by atoms with E-state index in [1.54, 1.807) is 30.3 Å². The smallest absolute Gasteiger partial charge is 0.284 e. The molecular weight excluding hydrogens is 438 g/mol. The van der Waals surface area contributed by atoms with Gasteiger partial charge in [-0.15, -0.1) is 0 Å². The minimum absolute atomic E-state index is 0.0213. The molecule has 9 nitrogen and oxygen atoms in total. The van der Waals surface area contributed by atoms with Gasteiger partial charge in [0, 0.05) is 13.1 Å². The van der Waals surface area contributed by atoms with E-state index >= 15 is 0 Å². The van der Waals surface area contributed by atoms with Crippen LogP contribution in [0, 0.1) is 0 Å². The summed E-state index contributed by atoms with van der Waals surface area (Å²) in [4.78, 5) is 26.6. The van der Waals surface area contributed by atoms with Crippen LogP contribution in [0.5, 0.6) is 23.0 Å². The first-order chi connectivity index (χ1) is 16.6. The number of hydrazone groups is 1. The number of likely N-dealkylation sites (tertiary alicyclic amines) is 1. The molecule has 2 aromatic carbocycles. The molecule has 2 amide bonds. The SMILES string of the molecule is CCOc1cc(/C=N\NC(=O)[C@@H]2COc3ccccc3O2)ccc1OCC(=O)N1CCCCC1. The Bertz CT molecular complexity index is 1040. The summed E-state index contributed by atoms with van der Waals surface area (Å²) >= 11 is 0. The summed E-state index contributed by atoms with van der Waals surface area (Å²) in [6, 6.07) is 12.4. The molecule has 0 aliphatic carbocycles. The summed E-state index contributed by atoms with van der Waals surface area (Å²) in [6.07, 6.45) is 3.94. The van der Waals surface area contributed by atoms with Gasteiger partial charge in [-0.1, -0.05) is 12.1 Å². The topological polar surface area (TPSA) is 98.7 Å². The largest absolute Gasteiger partial charge is 0.490 e. The number of rotatable bonds is 8. The molecule has 2 aliphatic rings. The van der Waals surface area contributed by atoms with Crippen LogP contribution in [0.25, 0.3) is 0 Å². The van der Waals surface area contributed by atoms with E-state index in [1.807, 2.05) is 24.0 Å². The number of carbonyl (C=O) groups excluding carboxylic acids is 2. The third-order valence-electron chi connectivity index (χ3n) is 5.52. The van der Waals surface area contributed by atoms with Crippen LogP contribution < -0.4 is 24.4 Å². The van der Waals surface area contributed by atoms with E-state index in [1.165, 1.54) is 6.21 Å². The molecule has 0 spiro atoms. The molecule has 0 aromatic heterocycles. The van der Waals surface area contributed by atoms with Crippen molar-refractivity contribution in [2.24, 2.45) is 5.10 Å². The molecule has 1 atom stereocenters. The Kier molecular flexibility index (Phi) is 7.85. The van der Waals surface area contributed by atoms with Crippen molar-refractivity contribution in [1.82, 2.24) is 10.3 Å². The van der Waals surface area contributed by atoms with Crippen molar-refractivity contribution in [2.45, 2.75) is 32.3 Å². The van der Waals surface area contributed by atoms with Crippen molar-refractivity contribution < 1.29 is 28.5 Å². The van der Waals surface area contributed by atoms with Gasteiger partial charge in [-0.05, 0) is 62.1 Å². The lowest BCUT2D eigenvalue weighted by atomic mass is 10.1. The number of hydrogen-bond donors (Lipinski definition) is 1. The van der Waals surface area contributed by atoms with Crippen molar-refractivity contribution in [3.05, 3.63) is 48.0 Å². The van der Waals surface area contributed by atoms with Gasteiger partial charge in [0.25, 0.3) is 11.8 Å².